The Labute approximate surface area is 403 Å². The Bertz CT molecular complexity index is 1160. The zero-order valence-electron chi connectivity index (χ0n) is 43.1. The highest BCUT2D eigenvalue weighted by Gasteiger charge is 2.24. The molecule has 6 heteroatoms. The van der Waals surface area contributed by atoms with Gasteiger partial charge in [0.15, 0.2) is 0 Å². The number of nitrogens with one attached hydrogen (secondary N) is 1. The Hall–Kier alpha value is -2.44. The number of carbonyl (C=O) groups is 2. The van der Waals surface area contributed by atoms with E-state index in [1.807, 2.05) is 6.08 Å². The number of hydrogen-bond acceptors (Lipinski definition) is 5. The van der Waals surface area contributed by atoms with Gasteiger partial charge in [0.25, 0.3) is 0 Å². The zero-order chi connectivity index (χ0) is 47.4. The Balaban J connectivity index is 4.60. The Morgan fingerprint density at radius 3 is 1.17 bits per heavy atom. The third-order valence-corrected chi connectivity index (χ3v) is 12.6. The van der Waals surface area contributed by atoms with E-state index in [2.05, 4.69) is 80.8 Å². The summed E-state index contributed by atoms with van der Waals surface area (Å²) in [4.78, 5) is 26.2. The molecule has 0 radical (unpaired) electrons. The summed E-state index contributed by atoms with van der Waals surface area (Å²) in [7, 11) is 0. The zero-order valence-corrected chi connectivity index (χ0v) is 43.1. The van der Waals surface area contributed by atoms with Crippen LogP contribution in [0, 0.1) is 0 Å². The first-order chi connectivity index (χ1) is 32.0. The van der Waals surface area contributed by atoms with Gasteiger partial charge in [-0.1, -0.05) is 268 Å². The quantitative estimate of drug-likeness (QED) is 0.0321. The first-order valence-corrected chi connectivity index (χ1v) is 28.0. The van der Waals surface area contributed by atoms with Gasteiger partial charge in [0, 0.05) is 6.42 Å². The molecule has 3 N–H and O–H groups in total. The fraction of sp³-hybridized carbons (Fsp3) is 0.797. The number of ether oxygens (including phenoxy) is 1. The molecule has 0 saturated heterocycles. The molecule has 65 heavy (non-hydrogen) atoms. The maximum Gasteiger partial charge on any atom is 0.306 e. The molecule has 0 aliphatic carbocycles. The lowest BCUT2D eigenvalue weighted by atomic mass is 10.0. The van der Waals surface area contributed by atoms with Crippen LogP contribution in [0.2, 0.25) is 0 Å². The average Bonchev–Trinajstić information content (AvgIpc) is 3.30. The molecular formula is C59H107NO5. The third-order valence-electron chi connectivity index (χ3n) is 12.6. The number of aliphatic hydroxyl groups is 2. The van der Waals surface area contributed by atoms with E-state index in [9.17, 15) is 19.8 Å². The van der Waals surface area contributed by atoms with Crippen molar-refractivity contribution in [3.63, 3.8) is 0 Å². The van der Waals surface area contributed by atoms with Gasteiger partial charge in [-0.15, -0.1) is 0 Å². The van der Waals surface area contributed by atoms with Gasteiger partial charge in [0.1, 0.15) is 6.10 Å². The van der Waals surface area contributed by atoms with Crippen molar-refractivity contribution in [3.05, 3.63) is 60.8 Å². The molecule has 0 bridgehead atoms. The van der Waals surface area contributed by atoms with Gasteiger partial charge < -0.3 is 20.3 Å². The van der Waals surface area contributed by atoms with Gasteiger partial charge in [-0.2, -0.15) is 0 Å². The average molecular weight is 911 g/mol. The summed E-state index contributed by atoms with van der Waals surface area (Å²) < 4.78 is 5.91. The van der Waals surface area contributed by atoms with E-state index >= 15 is 0 Å². The van der Waals surface area contributed by atoms with Crippen LogP contribution in [0.25, 0.3) is 0 Å². The lowest BCUT2D eigenvalue weighted by molar-refractivity contribution is -0.150. The SMILES string of the molecule is CC/C=C/C/C=C/C/C=C/C/C=C/C/C=C/CCC(=O)OC(CCCCCCCCCCCCCCC)CC(=O)NC(CO)C(O)CCCCCCCCCCCCCCCCCCC. The van der Waals surface area contributed by atoms with Crippen molar-refractivity contribution in [1.29, 1.82) is 0 Å². The van der Waals surface area contributed by atoms with E-state index < -0.39 is 18.2 Å². The topological polar surface area (TPSA) is 95.9 Å². The van der Waals surface area contributed by atoms with Crippen molar-refractivity contribution in [3.8, 4) is 0 Å². The first-order valence-electron chi connectivity index (χ1n) is 28.0. The van der Waals surface area contributed by atoms with E-state index in [0.717, 1.165) is 70.6 Å². The van der Waals surface area contributed by atoms with Crippen molar-refractivity contribution in [2.45, 2.75) is 296 Å². The molecule has 0 saturated carbocycles. The van der Waals surface area contributed by atoms with Crippen LogP contribution in [0.3, 0.4) is 0 Å². The fourth-order valence-electron chi connectivity index (χ4n) is 8.42. The number of unbranched alkanes of at least 4 members (excludes halogenated alkanes) is 28. The number of allylic oxidation sites excluding steroid dienone is 10. The minimum Gasteiger partial charge on any atom is -0.462 e. The maximum atomic E-state index is 13.2. The maximum absolute atomic E-state index is 13.2. The van der Waals surface area contributed by atoms with E-state index in [0.29, 0.717) is 19.3 Å². The molecule has 0 aliphatic rings. The number of amides is 1. The van der Waals surface area contributed by atoms with Crippen LogP contribution in [-0.4, -0.2) is 46.9 Å². The van der Waals surface area contributed by atoms with Crippen molar-refractivity contribution in [2.75, 3.05) is 6.61 Å². The summed E-state index contributed by atoms with van der Waals surface area (Å²) in [6, 6.07) is -0.716. The molecule has 0 heterocycles. The van der Waals surface area contributed by atoms with Gasteiger partial charge in [0.2, 0.25) is 5.91 Å². The lowest BCUT2D eigenvalue weighted by Gasteiger charge is -2.24. The summed E-state index contributed by atoms with van der Waals surface area (Å²) in [6.45, 7) is 6.38. The highest BCUT2D eigenvalue weighted by atomic mass is 16.5. The van der Waals surface area contributed by atoms with Crippen LogP contribution in [0.5, 0.6) is 0 Å². The van der Waals surface area contributed by atoms with Gasteiger partial charge >= 0.3 is 5.97 Å². The fourth-order valence-corrected chi connectivity index (χ4v) is 8.42. The van der Waals surface area contributed by atoms with E-state index in [1.54, 1.807) is 0 Å². The molecule has 0 aliphatic heterocycles. The van der Waals surface area contributed by atoms with E-state index in [1.165, 1.54) is 154 Å². The van der Waals surface area contributed by atoms with Crippen molar-refractivity contribution >= 4 is 11.9 Å². The predicted molar refractivity (Wildman–Crippen MR) is 282 cm³/mol. The molecule has 0 fully saturated rings. The molecule has 0 aromatic carbocycles. The van der Waals surface area contributed by atoms with Crippen LogP contribution >= 0.6 is 0 Å². The minimum atomic E-state index is -0.800. The Kier molecular flexibility index (Phi) is 50.6. The predicted octanol–water partition coefficient (Wildman–Crippen LogP) is 17.2. The molecule has 3 unspecified atom stereocenters. The van der Waals surface area contributed by atoms with Crippen molar-refractivity contribution < 1.29 is 24.5 Å². The Morgan fingerprint density at radius 1 is 0.462 bits per heavy atom. The van der Waals surface area contributed by atoms with E-state index in [-0.39, 0.29) is 31.3 Å². The minimum absolute atomic E-state index is 0.0496. The smallest absolute Gasteiger partial charge is 0.306 e. The number of aliphatic hydroxyl groups excluding tert-OH is 2. The van der Waals surface area contributed by atoms with Gasteiger partial charge in [-0.3, -0.25) is 9.59 Å². The molecular weight excluding hydrogens is 803 g/mol. The van der Waals surface area contributed by atoms with E-state index in [4.69, 9.17) is 4.74 Å². The lowest BCUT2D eigenvalue weighted by Crippen LogP contribution is -2.46. The van der Waals surface area contributed by atoms with Crippen LogP contribution in [0.1, 0.15) is 278 Å². The molecule has 6 nitrogen and oxygen atoms in total. The highest BCUT2D eigenvalue weighted by Crippen LogP contribution is 2.18. The molecule has 0 aromatic heterocycles. The molecule has 0 spiro atoms. The van der Waals surface area contributed by atoms with Crippen LogP contribution < -0.4 is 5.32 Å². The summed E-state index contributed by atoms with van der Waals surface area (Å²) >= 11 is 0. The van der Waals surface area contributed by atoms with Gasteiger partial charge in [-0.05, 0) is 57.8 Å². The van der Waals surface area contributed by atoms with Crippen LogP contribution in [0.4, 0.5) is 0 Å². The highest BCUT2D eigenvalue weighted by molar-refractivity contribution is 5.77. The second-order valence-corrected chi connectivity index (χ2v) is 19.0. The molecule has 3 atom stereocenters. The number of esters is 1. The van der Waals surface area contributed by atoms with Gasteiger partial charge in [-0.25, -0.2) is 0 Å². The van der Waals surface area contributed by atoms with Crippen LogP contribution in [-0.2, 0) is 14.3 Å². The molecule has 0 rings (SSSR count). The number of rotatable bonds is 50. The standard InChI is InChI=1S/C59H107NO5/c1-4-7-10-13-16-19-22-25-27-29-30-33-36-39-42-45-48-51-57(62)56(54-61)60-58(63)53-55(50-47-44-41-38-35-32-24-21-18-15-12-9-6-3)65-59(64)52-49-46-43-40-37-34-31-28-26-23-20-17-14-11-8-5-2/h8,11,17,20,26,28,34,37,43,46,55-57,61-62H,4-7,9-10,12-16,18-19,21-25,27,29-33,35-36,38-42,44-45,47-54H2,1-3H3,(H,60,63)/b11-8+,20-17+,28-26+,37-34+,46-43+. The number of carbonyl (C=O) groups excluding carboxylic acids is 2. The summed E-state index contributed by atoms with van der Waals surface area (Å²) in [6.07, 6.45) is 65.8. The first kappa shape index (κ1) is 62.6. The summed E-state index contributed by atoms with van der Waals surface area (Å²) in [5.41, 5.74) is 0. The second-order valence-electron chi connectivity index (χ2n) is 19.0. The third kappa shape index (κ3) is 47.8. The van der Waals surface area contributed by atoms with Crippen LogP contribution in [0.15, 0.2) is 60.8 Å². The largest absolute Gasteiger partial charge is 0.462 e. The second kappa shape index (κ2) is 52.5. The summed E-state index contributed by atoms with van der Waals surface area (Å²) in [5.74, 6) is -0.563. The number of hydrogen-bond donors (Lipinski definition) is 3. The molecule has 0 aromatic rings. The normalized spacial score (nSPS) is 13.6. The molecule has 1 amide bonds. The van der Waals surface area contributed by atoms with Crippen molar-refractivity contribution in [2.24, 2.45) is 0 Å². The monoisotopic (exact) mass is 910 g/mol. The van der Waals surface area contributed by atoms with Crippen molar-refractivity contribution in [1.82, 2.24) is 5.32 Å². The van der Waals surface area contributed by atoms with Gasteiger partial charge in [0.05, 0.1) is 25.2 Å². The Morgan fingerprint density at radius 2 is 0.800 bits per heavy atom. The molecule has 378 valence electrons. The summed E-state index contributed by atoms with van der Waals surface area (Å²) in [5, 5.41) is 23.9.